The van der Waals surface area contributed by atoms with Crippen LogP contribution >= 0.6 is 0 Å². The van der Waals surface area contributed by atoms with Gasteiger partial charge in [0.05, 0.1) is 23.7 Å². The summed E-state index contributed by atoms with van der Waals surface area (Å²) in [6.07, 6.45) is 13.6. The summed E-state index contributed by atoms with van der Waals surface area (Å²) in [6.45, 7) is 0.427. The van der Waals surface area contributed by atoms with E-state index in [0.29, 0.717) is 29.6 Å². The predicted octanol–water partition coefficient (Wildman–Crippen LogP) is 5.35. The number of urea groups is 1. The quantitative estimate of drug-likeness (QED) is 0.249. The Kier molecular flexibility index (Phi) is 8.50. The van der Waals surface area contributed by atoms with Crippen LogP contribution in [0.4, 0.5) is 16.6 Å². The third-order valence-corrected chi connectivity index (χ3v) is 7.78. The summed E-state index contributed by atoms with van der Waals surface area (Å²) in [5.41, 5.74) is 4.64. The van der Waals surface area contributed by atoms with Crippen molar-refractivity contribution in [2.75, 3.05) is 10.2 Å². The Morgan fingerprint density at radius 3 is 2.48 bits per heavy atom. The lowest BCUT2D eigenvalue weighted by Gasteiger charge is -2.36. The monoisotopic (exact) mass is 584 g/mol. The summed E-state index contributed by atoms with van der Waals surface area (Å²) in [6, 6.07) is 19.5. The molecule has 0 unspecified atom stereocenters. The maximum atomic E-state index is 13.7. The van der Waals surface area contributed by atoms with Gasteiger partial charge in [-0.05, 0) is 55.5 Å². The molecule has 1 aromatic carbocycles. The third kappa shape index (κ3) is 6.55. The van der Waals surface area contributed by atoms with Crippen LogP contribution in [0.15, 0.2) is 91.8 Å². The standard InChI is InChI=1S/C33H32N10O/c1-42-22-27(21-39-42)24-9-14-30(36-19-24)43(33(44)38-17-23-6-3-2-4-7-23)29-12-10-28(11-13-29)40-32-37-20-26(16-34)31(41-32)25-8-5-15-35-18-25/h2-9,14-15,18-22,28-29H,10-13,17H2,1H3,(H,38,44)(H,37,40,41). The van der Waals surface area contributed by atoms with Gasteiger partial charge >= 0.3 is 6.03 Å². The Morgan fingerprint density at radius 2 is 1.80 bits per heavy atom. The number of rotatable bonds is 8. The van der Waals surface area contributed by atoms with E-state index in [4.69, 9.17) is 4.98 Å². The van der Waals surface area contributed by atoms with Crippen molar-refractivity contribution in [3.8, 4) is 28.5 Å². The number of benzene rings is 1. The zero-order chi connectivity index (χ0) is 30.3. The number of nitriles is 1. The topological polar surface area (TPSA) is 138 Å². The lowest BCUT2D eigenvalue weighted by atomic mass is 9.90. The van der Waals surface area contributed by atoms with Crippen LogP contribution in [-0.4, -0.2) is 47.8 Å². The molecular weight excluding hydrogens is 552 g/mol. The maximum Gasteiger partial charge on any atom is 0.323 e. The molecule has 1 fully saturated rings. The molecule has 11 heteroatoms. The second-order valence-corrected chi connectivity index (χ2v) is 10.8. The van der Waals surface area contributed by atoms with Gasteiger partial charge in [0.2, 0.25) is 5.95 Å². The van der Waals surface area contributed by atoms with Crippen LogP contribution in [0.3, 0.4) is 0 Å². The summed E-state index contributed by atoms with van der Waals surface area (Å²) in [5, 5.41) is 20.4. The van der Waals surface area contributed by atoms with Crippen LogP contribution in [-0.2, 0) is 13.6 Å². The fourth-order valence-corrected chi connectivity index (χ4v) is 5.50. The lowest BCUT2D eigenvalue weighted by Crippen LogP contribution is -2.49. The largest absolute Gasteiger partial charge is 0.351 e. The van der Waals surface area contributed by atoms with E-state index in [1.807, 2.05) is 67.8 Å². The van der Waals surface area contributed by atoms with Crippen LogP contribution in [0.2, 0.25) is 0 Å². The van der Waals surface area contributed by atoms with E-state index in [1.165, 1.54) is 0 Å². The van der Waals surface area contributed by atoms with Gasteiger partial charge < -0.3 is 10.6 Å². The second kappa shape index (κ2) is 13.1. The van der Waals surface area contributed by atoms with E-state index in [0.717, 1.165) is 47.9 Å². The van der Waals surface area contributed by atoms with E-state index in [2.05, 4.69) is 36.8 Å². The van der Waals surface area contributed by atoms with Crippen molar-refractivity contribution < 1.29 is 4.79 Å². The molecule has 0 aliphatic heterocycles. The molecule has 0 bridgehead atoms. The summed E-state index contributed by atoms with van der Waals surface area (Å²) in [4.78, 5) is 33.4. The second-order valence-electron chi connectivity index (χ2n) is 10.8. The van der Waals surface area contributed by atoms with Gasteiger partial charge in [0.1, 0.15) is 11.9 Å². The smallest absolute Gasteiger partial charge is 0.323 e. The molecule has 11 nitrogen and oxygen atoms in total. The Labute approximate surface area is 255 Å². The summed E-state index contributed by atoms with van der Waals surface area (Å²) in [5.74, 6) is 1.08. The van der Waals surface area contributed by atoms with Crippen molar-refractivity contribution in [3.05, 3.63) is 103 Å². The first-order chi connectivity index (χ1) is 21.6. The van der Waals surface area contributed by atoms with Crippen LogP contribution in [0.5, 0.6) is 0 Å². The van der Waals surface area contributed by atoms with E-state index in [-0.39, 0.29) is 18.1 Å². The predicted molar refractivity (Wildman–Crippen MR) is 167 cm³/mol. The van der Waals surface area contributed by atoms with Crippen molar-refractivity contribution in [2.45, 2.75) is 44.3 Å². The molecular formula is C33H32N10O. The van der Waals surface area contributed by atoms with Gasteiger partial charge in [-0.25, -0.2) is 19.7 Å². The molecule has 5 aromatic rings. The van der Waals surface area contributed by atoms with Crippen LogP contribution in [0.1, 0.15) is 36.8 Å². The highest BCUT2D eigenvalue weighted by Gasteiger charge is 2.31. The molecule has 0 saturated heterocycles. The van der Waals surface area contributed by atoms with Gasteiger partial charge in [-0.15, -0.1) is 0 Å². The Morgan fingerprint density at radius 1 is 0.955 bits per heavy atom. The molecule has 4 aromatic heterocycles. The van der Waals surface area contributed by atoms with Gasteiger partial charge in [-0.1, -0.05) is 30.3 Å². The highest BCUT2D eigenvalue weighted by molar-refractivity contribution is 5.91. The average Bonchev–Trinajstić information content (AvgIpc) is 3.52. The van der Waals surface area contributed by atoms with Crippen molar-refractivity contribution in [1.82, 2.24) is 35.0 Å². The molecule has 0 radical (unpaired) electrons. The molecule has 1 aliphatic rings. The van der Waals surface area contributed by atoms with Gasteiger partial charge in [0.25, 0.3) is 0 Å². The molecule has 0 spiro atoms. The minimum Gasteiger partial charge on any atom is -0.351 e. The number of aryl methyl sites for hydroxylation is 1. The van der Waals surface area contributed by atoms with E-state index < -0.39 is 0 Å². The number of pyridine rings is 2. The van der Waals surface area contributed by atoms with Crippen molar-refractivity contribution in [1.29, 1.82) is 5.26 Å². The molecule has 4 heterocycles. The lowest BCUT2D eigenvalue weighted by molar-refractivity contribution is 0.240. The van der Waals surface area contributed by atoms with E-state index >= 15 is 0 Å². The zero-order valence-corrected chi connectivity index (χ0v) is 24.3. The minimum absolute atomic E-state index is 0.0339. The number of nitrogens with one attached hydrogen (secondary N) is 2. The van der Waals surface area contributed by atoms with Crippen molar-refractivity contribution in [2.24, 2.45) is 7.05 Å². The SMILES string of the molecule is Cn1cc(-c2ccc(N(C(=O)NCc3ccccc3)C3CCC(Nc4ncc(C#N)c(-c5cccnc5)n4)CC3)nc2)cn1. The van der Waals surface area contributed by atoms with Crippen molar-refractivity contribution >= 4 is 17.8 Å². The number of carbonyl (C=O) groups excluding carboxylic acids is 1. The van der Waals surface area contributed by atoms with Gasteiger partial charge in [0, 0.05) is 67.2 Å². The van der Waals surface area contributed by atoms with Gasteiger partial charge in [-0.3, -0.25) is 14.6 Å². The third-order valence-electron chi connectivity index (χ3n) is 7.78. The number of hydrogen-bond acceptors (Lipinski definition) is 8. The van der Waals surface area contributed by atoms with Crippen LogP contribution < -0.4 is 15.5 Å². The number of hydrogen-bond donors (Lipinski definition) is 2. The molecule has 2 N–H and O–H groups in total. The molecule has 0 atom stereocenters. The maximum absolute atomic E-state index is 13.7. The summed E-state index contributed by atoms with van der Waals surface area (Å²) in [7, 11) is 1.88. The number of carbonyl (C=O) groups is 1. The average molecular weight is 585 g/mol. The number of nitrogens with zero attached hydrogens (tertiary/aromatic N) is 8. The van der Waals surface area contributed by atoms with Crippen LogP contribution in [0, 0.1) is 11.3 Å². The first kappa shape index (κ1) is 28.5. The number of aromatic nitrogens is 6. The molecule has 6 rings (SSSR count). The summed E-state index contributed by atoms with van der Waals surface area (Å²) < 4.78 is 1.75. The first-order valence-electron chi connectivity index (χ1n) is 14.6. The number of amides is 2. The number of anilines is 2. The van der Waals surface area contributed by atoms with Crippen LogP contribution in [0.25, 0.3) is 22.4 Å². The Hall–Kier alpha value is -5.63. The first-order valence-corrected chi connectivity index (χ1v) is 14.6. The fraction of sp³-hybridized carbons (Fsp3) is 0.242. The Bertz CT molecular complexity index is 1740. The molecule has 44 heavy (non-hydrogen) atoms. The highest BCUT2D eigenvalue weighted by atomic mass is 16.2. The summed E-state index contributed by atoms with van der Waals surface area (Å²) >= 11 is 0. The van der Waals surface area contributed by atoms with Crippen molar-refractivity contribution in [3.63, 3.8) is 0 Å². The normalized spacial score (nSPS) is 16.1. The molecule has 1 saturated carbocycles. The Balaban J connectivity index is 1.17. The fourth-order valence-electron chi connectivity index (χ4n) is 5.50. The zero-order valence-electron chi connectivity index (χ0n) is 24.3. The molecule has 1 aliphatic carbocycles. The highest BCUT2D eigenvalue weighted by Crippen LogP contribution is 2.30. The minimum atomic E-state index is -0.177. The van der Waals surface area contributed by atoms with Gasteiger partial charge in [-0.2, -0.15) is 10.4 Å². The molecule has 2 amide bonds. The molecule has 220 valence electrons. The van der Waals surface area contributed by atoms with E-state index in [9.17, 15) is 10.1 Å². The van der Waals surface area contributed by atoms with Gasteiger partial charge in [0.15, 0.2) is 0 Å². The van der Waals surface area contributed by atoms with E-state index in [1.54, 1.807) is 40.6 Å².